The van der Waals surface area contributed by atoms with Crippen LogP contribution < -0.4 is 5.32 Å². The van der Waals surface area contributed by atoms with E-state index in [1.165, 1.54) is 12.1 Å². The largest absolute Gasteiger partial charge is 0.377 e. The fraction of sp³-hybridized carbons (Fsp3) is 0.500. The second kappa shape index (κ2) is 5.10. The van der Waals surface area contributed by atoms with Gasteiger partial charge in [0.05, 0.1) is 11.5 Å². The molecule has 1 aliphatic rings. The molecule has 19 heavy (non-hydrogen) atoms. The van der Waals surface area contributed by atoms with Crippen LogP contribution in [0.25, 0.3) is 0 Å². The maximum absolute atomic E-state index is 13.4. The van der Waals surface area contributed by atoms with E-state index in [1.807, 2.05) is 0 Å². The number of para-hydroxylation sites is 1. The Balaban J connectivity index is 2.04. The number of anilines is 1. The first-order valence-corrected chi connectivity index (χ1v) is 5.87. The molecule has 0 aromatic heterocycles. The molecule has 1 aromatic rings. The predicted molar refractivity (Wildman–Crippen MR) is 66.4 cm³/mol. The molecule has 1 aliphatic heterocycles. The van der Waals surface area contributed by atoms with E-state index in [4.69, 9.17) is 9.47 Å². The molecule has 0 aliphatic carbocycles. The lowest BCUT2D eigenvalue weighted by Crippen LogP contribution is -2.26. The first-order chi connectivity index (χ1) is 8.89. The van der Waals surface area contributed by atoms with Gasteiger partial charge in [0.2, 0.25) is 5.82 Å². The van der Waals surface area contributed by atoms with Crippen molar-refractivity contribution >= 4 is 11.4 Å². The standard InChI is InChI=1S/C12H15FN2O4/c1-12(2)18-7-8(19-12)6-14-10-5-3-4-9(13)11(10)15(16)17/h3-5,8,14H,6-7H2,1-2H3. The average molecular weight is 270 g/mol. The van der Waals surface area contributed by atoms with Crippen LogP contribution in [0.3, 0.4) is 0 Å². The van der Waals surface area contributed by atoms with Crippen molar-refractivity contribution in [3.05, 3.63) is 34.1 Å². The van der Waals surface area contributed by atoms with Crippen LogP contribution in [0, 0.1) is 15.9 Å². The first kappa shape index (κ1) is 13.7. The van der Waals surface area contributed by atoms with Gasteiger partial charge in [0.25, 0.3) is 0 Å². The van der Waals surface area contributed by atoms with Crippen LogP contribution in [0.15, 0.2) is 18.2 Å². The Kier molecular flexibility index (Phi) is 3.68. The summed E-state index contributed by atoms with van der Waals surface area (Å²) in [5, 5.41) is 13.6. The molecule has 1 saturated heterocycles. The van der Waals surface area contributed by atoms with Gasteiger partial charge in [0.15, 0.2) is 5.79 Å². The minimum atomic E-state index is -0.862. The summed E-state index contributed by atoms with van der Waals surface area (Å²) in [7, 11) is 0. The number of ether oxygens (including phenoxy) is 2. The van der Waals surface area contributed by atoms with E-state index in [9.17, 15) is 14.5 Å². The number of hydrogen-bond acceptors (Lipinski definition) is 5. The molecule has 7 heteroatoms. The van der Waals surface area contributed by atoms with Crippen molar-refractivity contribution in [1.82, 2.24) is 0 Å². The highest BCUT2D eigenvalue weighted by molar-refractivity contribution is 5.61. The van der Waals surface area contributed by atoms with Crippen molar-refractivity contribution in [2.24, 2.45) is 0 Å². The highest BCUT2D eigenvalue weighted by Gasteiger charge is 2.32. The molecule has 1 heterocycles. The average Bonchev–Trinajstić information content (AvgIpc) is 2.66. The van der Waals surface area contributed by atoms with Gasteiger partial charge in [-0.15, -0.1) is 0 Å². The SMILES string of the molecule is CC1(C)OCC(CNc2cccc(F)c2[N+](=O)[O-])O1. The van der Waals surface area contributed by atoms with Crippen molar-refractivity contribution < 1.29 is 18.8 Å². The lowest BCUT2D eigenvalue weighted by molar-refractivity contribution is -0.386. The van der Waals surface area contributed by atoms with Gasteiger partial charge in [0, 0.05) is 6.54 Å². The fourth-order valence-electron chi connectivity index (χ4n) is 1.93. The van der Waals surface area contributed by atoms with Gasteiger partial charge in [-0.25, -0.2) is 0 Å². The summed E-state index contributed by atoms with van der Waals surface area (Å²) < 4.78 is 24.3. The summed E-state index contributed by atoms with van der Waals surface area (Å²) in [4.78, 5) is 10.1. The zero-order chi connectivity index (χ0) is 14.0. The van der Waals surface area contributed by atoms with Gasteiger partial charge in [-0.2, -0.15) is 4.39 Å². The number of benzene rings is 1. The van der Waals surface area contributed by atoms with Gasteiger partial charge >= 0.3 is 5.69 Å². The molecule has 1 fully saturated rings. The number of nitro benzene ring substituents is 1. The van der Waals surface area contributed by atoms with Crippen molar-refractivity contribution in [1.29, 1.82) is 0 Å². The van der Waals surface area contributed by atoms with Crippen molar-refractivity contribution in [3.63, 3.8) is 0 Å². The number of nitrogens with one attached hydrogen (secondary N) is 1. The molecular weight excluding hydrogens is 255 g/mol. The third-order valence-electron chi connectivity index (χ3n) is 2.76. The van der Waals surface area contributed by atoms with Gasteiger partial charge in [-0.1, -0.05) is 6.07 Å². The van der Waals surface area contributed by atoms with Crippen LogP contribution in [0.4, 0.5) is 15.8 Å². The zero-order valence-corrected chi connectivity index (χ0v) is 10.7. The Morgan fingerprint density at radius 3 is 2.89 bits per heavy atom. The molecule has 0 radical (unpaired) electrons. The summed E-state index contributed by atoms with van der Waals surface area (Å²) in [6.45, 7) is 4.28. The van der Waals surface area contributed by atoms with E-state index in [0.717, 1.165) is 6.07 Å². The van der Waals surface area contributed by atoms with E-state index >= 15 is 0 Å². The van der Waals surface area contributed by atoms with Gasteiger partial charge in [-0.3, -0.25) is 10.1 Å². The predicted octanol–water partition coefficient (Wildman–Crippen LogP) is 2.30. The van der Waals surface area contributed by atoms with Crippen molar-refractivity contribution in [2.45, 2.75) is 25.7 Å². The van der Waals surface area contributed by atoms with E-state index < -0.39 is 22.2 Å². The number of rotatable bonds is 4. The molecule has 104 valence electrons. The smallest absolute Gasteiger partial charge is 0.327 e. The molecule has 1 N–H and O–H groups in total. The van der Waals surface area contributed by atoms with Crippen LogP contribution in [0.5, 0.6) is 0 Å². The minimum absolute atomic E-state index is 0.137. The molecule has 0 amide bonds. The molecule has 1 aromatic carbocycles. The fourth-order valence-corrected chi connectivity index (χ4v) is 1.93. The molecule has 1 atom stereocenters. The monoisotopic (exact) mass is 270 g/mol. The molecular formula is C12H15FN2O4. The van der Waals surface area contributed by atoms with E-state index in [2.05, 4.69) is 5.32 Å². The lowest BCUT2D eigenvalue weighted by Gasteiger charge is -2.17. The summed E-state index contributed by atoms with van der Waals surface area (Å²) >= 11 is 0. The zero-order valence-electron chi connectivity index (χ0n) is 10.7. The lowest BCUT2D eigenvalue weighted by atomic mass is 10.2. The van der Waals surface area contributed by atoms with Crippen molar-refractivity contribution in [3.8, 4) is 0 Å². The summed E-state index contributed by atoms with van der Waals surface area (Å²) in [5.41, 5.74) is -0.418. The van der Waals surface area contributed by atoms with Gasteiger partial charge in [0.1, 0.15) is 11.8 Å². The third kappa shape index (κ3) is 3.18. The van der Waals surface area contributed by atoms with Gasteiger partial charge in [-0.05, 0) is 26.0 Å². The summed E-state index contributed by atoms with van der Waals surface area (Å²) in [6.07, 6.45) is -0.224. The highest BCUT2D eigenvalue weighted by atomic mass is 19.1. The Morgan fingerprint density at radius 1 is 1.58 bits per heavy atom. The van der Waals surface area contributed by atoms with Gasteiger partial charge < -0.3 is 14.8 Å². The first-order valence-electron chi connectivity index (χ1n) is 5.87. The number of hydrogen-bond donors (Lipinski definition) is 1. The minimum Gasteiger partial charge on any atom is -0.377 e. The maximum Gasteiger partial charge on any atom is 0.327 e. The van der Waals surface area contributed by atoms with Crippen molar-refractivity contribution in [2.75, 3.05) is 18.5 Å². The van der Waals surface area contributed by atoms with Crippen LogP contribution in [0.2, 0.25) is 0 Å². The van der Waals surface area contributed by atoms with Crippen LogP contribution in [0.1, 0.15) is 13.8 Å². The molecule has 0 bridgehead atoms. The topological polar surface area (TPSA) is 73.6 Å². The van der Waals surface area contributed by atoms with E-state index in [-0.39, 0.29) is 11.8 Å². The Labute approximate surface area is 109 Å². The number of nitro groups is 1. The second-order valence-electron chi connectivity index (χ2n) is 4.72. The Bertz CT molecular complexity index is 493. The van der Waals surface area contributed by atoms with Crippen LogP contribution in [-0.4, -0.2) is 30.0 Å². The third-order valence-corrected chi connectivity index (χ3v) is 2.76. The quantitative estimate of drug-likeness (QED) is 0.671. The van der Waals surface area contributed by atoms with E-state index in [1.54, 1.807) is 13.8 Å². The molecule has 0 spiro atoms. The highest BCUT2D eigenvalue weighted by Crippen LogP contribution is 2.28. The summed E-state index contributed by atoms with van der Waals surface area (Å²) in [6, 6.07) is 3.93. The molecule has 1 unspecified atom stereocenters. The van der Waals surface area contributed by atoms with Crippen LogP contribution >= 0.6 is 0 Å². The van der Waals surface area contributed by atoms with Crippen LogP contribution in [-0.2, 0) is 9.47 Å². The summed E-state index contributed by atoms with van der Waals surface area (Å²) in [5.74, 6) is -1.51. The molecule has 0 saturated carbocycles. The molecule has 6 nitrogen and oxygen atoms in total. The number of halogens is 1. The maximum atomic E-state index is 13.4. The molecule has 2 rings (SSSR count). The number of nitrogens with zero attached hydrogens (tertiary/aromatic N) is 1. The Morgan fingerprint density at radius 2 is 2.32 bits per heavy atom. The normalized spacial score (nSPS) is 21.3. The second-order valence-corrected chi connectivity index (χ2v) is 4.72. The van der Waals surface area contributed by atoms with E-state index in [0.29, 0.717) is 13.2 Å². The Hall–Kier alpha value is -1.73.